The molecule has 0 saturated carbocycles. The fraction of sp³-hybridized carbons (Fsp3) is 0.211. The number of pyridine rings is 1. The van der Waals surface area contributed by atoms with E-state index in [0.717, 1.165) is 5.56 Å². The number of nitrogens with zero attached hydrogens (tertiary/aromatic N) is 4. The van der Waals surface area contributed by atoms with Crippen molar-refractivity contribution < 1.29 is 14.2 Å². The number of halogens is 1. The van der Waals surface area contributed by atoms with Gasteiger partial charge in [-0.25, -0.2) is 4.39 Å². The van der Waals surface area contributed by atoms with E-state index in [-0.39, 0.29) is 12.4 Å². The summed E-state index contributed by atoms with van der Waals surface area (Å²) in [6, 6.07) is 9.81. The number of aliphatic hydroxyl groups is 1. The van der Waals surface area contributed by atoms with Gasteiger partial charge in [-0.1, -0.05) is 30.0 Å². The van der Waals surface area contributed by atoms with Gasteiger partial charge in [0.1, 0.15) is 6.61 Å². The fourth-order valence-corrected chi connectivity index (χ4v) is 3.22. The first-order valence-corrected chi connectivity index (χ1v) is 9.30. The fourth-order valence-electron chi connectivity index (χ4n) is 2.37. The Morgan fingerprint density at radius 3 is 2.74 bits per heavy atom. The summed E-state index contributed by atoms with van der Waals surface area (Å²) in [6.45, 7) is 4.30. The van der Waals surface area contributed by atoms with Crippen LogP contribution < -0.4 is 4.74 Å². The maximum absolute atomic E-state index is 13.5. The third kappa shape index (κ3) is 4.93. The Balaban J connectivity index is 1.63. The summed E-state index contributed by atoms with van der Waals surface area (Å²) in [5, 5.41) is 19.3. The van der Waals surface area contributed by atoms with Crippen LogP contribution in [0.15, 0.2) is 66.6 Å². The second kappa shape index (κ2) is 9.29. The van der Waals surface area contributed by atoms with E-state index in [9.17, 15) is 9.50 Å². The number of hydrogen-bond donors (Lipinski definition) is 1. The van der Waals surface area contributed by atoms with Crippen LogP contribution in [0.3, 0.4) is 0 Å². The van der Waals surface area contributed by atoms with Gasteiger partial charge in [0.2, 0.25) is 0 Å². The summed E-state index contributed by atoms with van der Waals surface area (Å²) in [7, 11) is 0. The molecule has 8 heteroatoms. The lowest BCUT2D eigenvalue weighted by molar-refractivity contribution is 0.123. The Morgan fingerprint density at radius 2 is 2.00 bits per heavy atom. The second-order valence-electron chi connectivity index (χ2n) is 5.65. The number of hydrogen-bond acceptors (Lipinski definition) is 6. The summed E-state index contributed by atoms with van der Waals surface area (Å²) in [5.74, 6) is 0.707. The molecule has 1 atom stereocenters. The van der Waals surface area contributed by atoms with E-state index in [2.05, 4.69) is 21.8 Å². The van der Waals surface area contributed by atoms with Gasteiger partial charge in [0.05, 0.1) is 6.10 Å². The zero-order valence-electron chi connectivity index (χ0n) is 14.5. The number of allylic oxidation sites excluding steroid dienone is 1. The van der Waals surface area contributed by atoms with E-state index in [1.54, 1.807) is 30.6 Å². The molecule has 140 valence electrons. The van der Waals surface area contributed by atoms with Crippen molar-refractivity contribution in [3.05, 3.63) is 67.3 Å². The Hall–Kier alpha value is -2.71. The van der Waals surface area contributed by atoms with Gasteiger partial charge in [0.25, 0.3) is 0 Å². The van der Waals surface area contributed by atoms with Crippen LogP contribution in [0.2, 0.25) is 0 Å². The first kappa shape index (κ1) is 19.1. The molecule has 6 nitrogen and oxygen atoms in total. The lowest BCUT2D eigenvalue weighted by atomic mass is 10.2. The molecule has 0 aliphatic heterocycles. The molecule has 2 aromatic heterocycles. The van der Waals surface area contributed by atoms with Crippen molar-refractivity contribution in [2.24, 2.45) is 0 Å². The van der Waals surface area contributed by atoms with Crippen molar-refractivity contribution in [1.82, 2.24) is 19.7 Å². The molecule has 1 N–H and O–H groups in total. The summed E-state index contributed by atoms with van der Waals surface area (Å²) < 4.78 is 20.8. The predicted octanol–water partition coefficient (Wildman–Crippen LogP) is 3.20. The van der Waals surface area contributed by atoms with Gasteiger partial charge >= 0.3 is 0 Å². The third-order valence-electron chi connectivity index (χ3n) is 3.64. The van der Waals surface area contributed by atoms with Crippen molar-refractivity contribution in [3.63, 3.8) is 0 Å². The molecule has 0 saturated heterocycles. The zero-order valence-corrected chi connectivity index (χ0v) is 15.3. The maximum atomic E-state index is 13.5. The van der Waals surface area contributed by atoms with Crippen LogP contribution in [0, 0.1) is 5.82 Å². The lowest BCUT2D eigenvalue weighted by Gasteiger charge is -2.13. The predicted molar refractivity (Wildman–Crippen MR) is 102 cm³/mol. The van der Waals surface area contributed by atoms with Crippen molar-refractivity contribution in [3.8, 4) is 17.1 Å². The highest BCUT2D eigenvalue weighted by molar-refractivity contribution is 7.99. The number of benzene rings is 1. The monoisotopic (exact) mass is 386 g/mol. The summed E-state index contributed by atoms with van der Waals surface area (Å²) in [4.78, 5) is 4.01. The van der Waals surface area contributed by atoms with Crippen LogP contribution >= 0.6 is 11.8 Å². The number of thioether (sulfide) groups is 1. The second-order valence-corrected chi connectivity index (χ2v) is 6.63. The van der Waals surface area contributed by atoms with Crippen molar-refractivity contribution in [1.29, 1.82) is 0 Å². The first-order chi connectivity index (χ1) is 13.2. The highest BCUT2D eigenvalue weighted by atomic mass is 32.2. The minimum atomic E-state index is -0.784. The summed E-state index contributed by atoms with van der Waals surface area (Å²) >= 11 is 1.35. The maximum Gasteiger partial charge on any atom is 0.191 e. The molecule has 0 radical (unpaired) electrons. The number of aromatic nitrogens is 4. The van der Waals surface area contributed by atoms with Crippen molar-refractivity contribution in [2.45, 2.75) is 17.8 Å². The minimum Gasteiger partial charge on any atom is -0.488 e. The van der Waals surface area contributed by atoms with E-state index < -0.39 is 11.9 Å². The Bertz CT molecular complexity index is 888. The average molecular weight is 386 g/mol. The van der Waals surface area contributed by atoms with Crippen LogP contribution in [0.25, 0.3) is 11.4 Å². The molecular formula is C19H19FN4O2S. The number of aliphatic hydroxyl groups excluding tert-OH is 1. The minimum absolute atomic E-state index is 0.0132. The summed E-state index contributed by atoms with van der Waals surface area (Å²) in [5.41, 5.74) is 0.898. The quantitative estimate of drug-likeness (QED) is 0.450. The molecule has 0 fully saturated rings. The normalized spacial score (nSPS) is 11.9. The topological polar surface area (TPSA) is 73.1 Å². The highest BCUT2D eigenvalue weighted by Crippen LogP contribution is 2.24. The number of ether oxygens (including phenoxy) is 1. The third-order valence-corrected chi connectivity index (χ3v) is 4.75. The SMILES string of the molecule is C=CCn1c(SC[C@@H](O)COc2ccccc2F)nnc1-c1ccncc1. The largest absolute Gasteiger partial charge is 0.488 e. The molecular weight excluding hydrogens is 367 g/mol. The Morgan fingerprint density at radius 1 is 1.22 bits per heavy atom. The van der Waals surface area contributed by atoms with E-state index in [0.29, 0.717) is 23.3 Å². The molecule has 3 rings (SSSR count). The lowest BCUT2D eigenvalue weighted by Crippen LogP contribution is -2.20. The number of para-hydroxylation sites is 1. The number of rotatable bonds is 9. The van der Waals surface area contributed by atoms with Crippen LogP contribution in [-0.4, -0.2) is 43.3 Å². The van der Waals surface area contributed by atoms with Crippen molar-refractivity contribution >= 4 is 11.8 Å². The van der Waals surface area contributed by atoms with Gasteiger partial charge in [-0.2, -0.15) is 0 Å². The molecule has 0 aliphatic rings. The molecule has 0 bridgehead atoms. The molecule has 3 aromatic rings. The highest BCUT2D eigenvalue weighted by Gasteiger charge is 2.16. The molecule has 0 amide bonds. The van der Waals surface area contributed by atoms with Gasteiger partial charge in [-0.15, -0.1) is 16.8 Å². The standard InChI is InChI=1S/C19H19FN4O2S/c1-2-11-24-18(14-7-9-21-10-8-14)22-23-19(24)27-13-15(25)12-26-17-6-4-3-5-16(17)20/h2-10,15,25H,1,11-13H2/t15-/m0/s1. The van der Waals surface area contributed by atoms with Gasteiger partial charge in [-0.3, -0.25) is 9.55 Å². The molecule has 1 aromatic carbocycles. The first-order valence-electron chi connectivity index (χ1n) is 8.31. The Kier molecular flexibility index (Phi) is 6.56. The van der Waals surface area contributed by atoms with Gasteiger partial charge in [0.15, 0.2) is 22.5 Å². The Labute approximate surface area is 160 Å². The molecule has 2 heterocycles. The molecule has 27 heavy (non-hydrogen) atoms. The summed E-state index contributed by atoms with van der Waals surface area (Å²) in [6.07, 6.45) is 4.36. The van der Waals surface area contributed by atoms with Gasteiger partial charge in [-0.05, 0) is 24.3 Å². The smallest absolute Gasteiger partial charge is 0.191 e. The molecule has 0 unspecified atom stereocenters. The van der Waals surface area contributed by atoms with Gasteiger partial charge in [0, 0.05) is 30.3 Å². The van der Waals surface area contributed by atoms with Crippen LogP contribution in [-0.2, 0) is 6.54 Å². The van der Waals surface area contributed by atoms with Crippen molar-refractivity contribution in [2.75, 3.05) is 12.4 Å². The van der Waals surface area contributed by atoms with Crippen LogP contribution in [0.4, 0.5) is 4.39 Å². The van der Waals surface area contributed by atoms with Gasteiger partial charge < -0.3 is 9.84 Å². The molecule has 0 aliphatic carbocycles. The van der Waals surface area contributed by atoms with E-state index in [1.807, 2.05) is 16.7 Å². The zero-order chi connectivity index (χ0) is 19.1. The van der Waals surface area contributed by atoms with Crippen LogP contribution in [0.1, 0.15) is 0 Å². The van der Waals surface area contributed by atoms with E-state index in [1.165, 1.54) is 23.9 Å². The molecule has 0 spiro atoms. The average Bonchev–Trinajstić information content (AvgIpc) is 3.09. The van der Waals surface area contributed by atoms with E-state index >= 15 is 0 Å². The van der Waals surface area contributed by atoms with E-state index in [4.69, 9.17) is 4.74 Å². The van der Waals surface area contributed by atoms with Crippen LogP contribution in [0.5, 0.6) is 5.75 Å².